The van der Waals surface area contributed by atoms with Crippen LogP contribution >= 0.6 is 0 Å². The number of hydrogen-bond donors (Lipinski definition) is 0. The van der Waals surface area contributed by atoms with Crippen molar-refractivity contribution in [1.29, 1.82) is 0 Å². The SMILES string of the molecule is C1CCOC1.CC(C)[CH2][Al](/[CH]=C/C1CCCCC1)[CH2]C(C)C. The van der Waals surface area contributed by atoms with Gasteiger partial charge in [-0.1, -0.05) is 69.4 Å². The van der Waals surface area contributed by atoms with Crippen molar-refractivity contribution in [2.45, 2.75) is 83.2 Å². The fraction of sp³-hybridized carbons (Fsp3) is 0.900. The average molecular weight is 323 g/mol. The molecular weight excluding hydrogens is 283 g/mol. The van der Waals surface area contributed by atoms with Crippen molar-refractivity contribution in [2.24, 2.45) is 17.8 Å². The third-order valence-corrected chi connectivity index (χ3v) is 8.54. The molecule has 22 heavy (non-hydrogen) atoms. The molecule has 0 unspecified atom stereocenters. The standard InChI is InChI=1S/C8H13.C4H8O.2C4H9.Al/c1-2-8-6-4-3-5-7-8;1-2-4-5-3-1;2*1-4(2)3;/h1-2,8H,3-7H2;1-4H2;2*4H,1H2,2-3H3;. The van der Waals surface area contributed by atoms with E-state index in [2.05, 4.69) is 38.7 Å². The Bertz CT molecular complexity index is 258. The summed E-state index contributed by atoms with van der Waals surface area (Å²) in [6, 6.07) is 0. The van der Waals surface area contributed by atoms with Gasteiger partial charge in [-0.15, -0.1) is 11.0 Å². The molecule has 0 bridgehead atoms. The maximum absolute atomic E-state index is 4.94. The quantitative estimate of drug-likeness (QED) is 0.524. The summed E-state index contributed by atoms with van der Waals surface area (Å²) in [5, 5.41) is 3.00. The highest BCUT2D eigenvalue weighted by molar-refractivity contribution is 6.64. The van der Waals surface area contributed by atoms with Crippen LogP contribution in [0, 0.1) is 17.8 Å². The first-order chi connectivity index (χ1) is 10.6. The van der Waals surface area contributed by atoms with E-state index < -0.39 is 14.1 Å². The molecule has 2 fully saturated rings. The van der Waals surface area contributed by atoms with Gasteiger partial charge in [0.1, 0.15) is 0 Å². The summed E-state index contributed by atoms with van der Waals surface area (Å²) in [5.74, 6) is 2.71. The molecule has 0 aromatic rings. The van der Waals surface area contributed by atoms with Gasteiger partial charge in [-0.3, -0.25) is 0 Å². The molecule has 2 aliphatic rings. The second kappa shape index (κ2) is 12.6. The zero-order chi connectivity index (χ0) is 16.2. The van der Waals surface area contributed by atoms with E-state index >= 15 is 0 Å². The maximum Gasteiger partial charge on any atom is 0.294 e. The number of allylic oxidation sites excluding steroid dienone is 1. The number of hydrogen-bond acceptors (Lipinski definition) is 1. The number of ether oxygens (including phenoxy) is 1. The molecular formula is C20H39AlO. The van der Waals surface area contributed by atoms with Crippen molar-refractivity contribution in [1.82, 2.24) is 0 Å². The second-order valence-electron chi connectivity index (χ2n) is 8.12. The van der Waals surface area contributed by atoms with Gasteiger partial charge in [0.15, 0.2) is 0 Å². The van der Waals surface area contributed by atoms with Crippen LogP contribution in [0.25, 0.3) is 0 Å². The molecule has 0 amide bonds. The summed E-state index contributed by atoms with van der Waals surface area (Å²) >= 11 is -0.601. The Kier molecular flexibility index (Phi) is 11.6. The molecule has 1 aliphatic carbocycles. The van der Waals surface area contributed by atoms with Crippen LogP contribution in [0.1, 0.15) is 72.6 Å². The molecule has 0 aromatic heterocycles. The first kappa shape index (κ1) is 20.3. The zero-order valence-corrected chi connectivity index (χ0v) is 16.8. The second-order valence-corrected chi connectivity index (χ2v) is 11.0. The van der Waals surface area contributed by atoms with Crippen molar-refractivity contribution in [3.63, 3.8) is 0 Å². The van der Waals surface area contributed by atoms with Crippen molar-refractivity contribution in [2.75, 3.05) is 13.2 Å². The van der Waals surface area contributed by atoms with Crippen LogP contribution in [-0.4, -0.2) is 27.4 Å². The largest absolute Gasteiger partial charge is 0.381 e. The summed E-state index contributed by atoms with van der Waals surface area (Å²) in [7, 11) is 0. The molecule has 2 heteroatoms. The first-order valence-corrected chi connectivity index (χ1v) is 12.1. The molecule has 1 saturated carbocycles. The lowest BCUT2D eigenvalue weighted by Crippen LogP contribution is -2.16. The van der Waals surface area contributed by atoms with Crippen molar-refractivity contribution >= 4 is 14.1 Å². The molecule has 1 saturated heterocycles. The zero-order valence-electron chi connectivity index (χ0n) is 15.7. The molecule has 1 aliphatic heterocycles. The smallest absolute Gasteiger partial charge is 0.294 e. The highest BCUT2D eigenvalue weighted by Gasteiger charge is 2.18. The van der Waals surface area contributed by atoms with Gasteiger partial charge in [0, 0.05) is 13.2 Å². The van der Waals surface area contributed by atoms with Crippen LogP contribution in [0.15, 0.2) is 11.0 Å². The monoisotopic (exact) mass is 322 g/mol. The van der Waals surface area contributed by atoms with Crippen molar-refractivity contribution < 1.29 is 4.74 Å². The van der Waals surface area contributed by atoms with Crippen LogP contribution < -0.4 is 0 Å². The lowest BCUT2D eigenvalue weighted by atomic mass is 9.90. The van der Waals surface area contributed by atoms with Gasteiger partial charge in [-0.05, 0) is 31.6 Å². The molecule has 0 atom stereocenters. The fourth-order valence-corrected chi connectivity index (χ4v) is 7.17. The van der Waals surface area contributed by atoms with Crippen LogP contribution in [0.3, 0.4) is 0 Å². The van der Waals surface area contributed by atoms with Crippen LogP contribution in [0.2, 0.25) is 10.6 Å². The van der Waals surface area contributed by atoms with Crippen LogP contribution in [0.5, 0.6) is 0 Å². The van der Waals surface area contributed by atoms with Crippen molar-refractivity contribution in [3.8, 4) is 0 Å². The molecule has 0 N–H and O–H groups in total. The van der Waals surface area contributed by atoms with Gasteiger partial charge >= 0.3 is 0 Å². The van der Waals surface area contributed by atoms with Gasteiger partial charge in [0.2, 0.25) is 0 Å². The Morgan fingerprint density at radius 1 is 0.864 bits per heavy atom. The van der Waals surface area contributed by atoms with E-state index in [1.807, 2.05) is 0 Å². The maximum atomic E-state index is 4.94. The Hall–Kier alpha value is 0.232. The van der Waals surface area contributed by atoms with Crippen molar-refractivity contribution in [3.05, 3.63) is 11.0 Å². The van der Waals surface area contributed by atoms with E-state index in [0.717, 1.165) is 31.0 Å². The van der Waals surface area contributed by atoms with Gasteiger partial charge in [0.25, 0.3) is 14.1 Å². The fourth-order valence-electron chi connectivity index (χ4n) is 3.62. The molecule has 1 nitrogen and oxygen atoms in total. The molecule has 128 valence electrons. The van der Waals surface area contributed by atoms with Gasteiger partial charge in [-0.2, -0.15) is 0 Å². The Morgan fingerprint density at radius 2 is 1.41 bits per heavy atom. The summed E-state index contributed by atoms with van der Waals surface area (Å²) in [4.78, 5) is 2.69. The minimum atomic E-state index is -0.601. The van der Waals surface area contributed by atoms with Crippen LogP contribution in [0.4, 0.5) is 0 Å². The highest BCUT2D eigenvalue weighted by atomic mass is 27.2. The molecule has 0 spiro atoms. The molecule has 0 aromatic carbocycles. The average Bonchev–Trinajstić information content (AvgIpc) is 3.04. The Labute approximate surface area is 144 Å². The topological polar surface area (TPSA) is 9.23 Å². The lowest BCUT2D eigenvalue weighted by Gasteiger charge is -2.19. The summed E-state index contributed by atoms with van der Waals surface area (Å²) in [5.41, 5.74) is 0. The lowest BCUT2D eigenvalue weighted by molar-refractivity contribution is 0.198. The highest BCUT2D eigenvalue weighted by Crippen LogP contribution is 2.25. The molecule has 0 radical (unpaired) electrons. The predicted octanol–water partition coefficient (Wildman–Crippen LogP) is 6.27. The summed E-state index contributed by atoms with van der Waals surface area (Å²) in [6.07, 6.45) is 12.5. The van der Waals surface area contributed by atoms with Gasteiger partial charge in [-0.25, -0.2) is 0 Å². The van der Waals surface area contributed by atoms with E-state index in [-0.39, 0.29) is 0 Å². The number of rotatable bonds is 6. The normalized spacial score (nSPS) is 19.7. The minimum Gasteiger partial charge on any atom is -0.381 e. The Balaban J connectivity index is 0.000000406. The predicted molar refractivity (Wildman–Crippen MR) is 101 cm³/mol. The van der Waals surface area contributed by atoms with E-state index in [4.69, 9.17) is 4.74 Å². The minimum absolute atomic E-state index is 0.601. The van der Waals surface area contributed by atoms with Gasteiger partial charge in [0.05, 0.1) is 0 Å². The summed E-state index contributed by atoms with van der Waals surface area (Å²) in [6.45, 7) is 11.5. The third-order valence-electron chi connectivity index (χ3n) is 4.68. The van der Waals surface area contributed by atoms with Crippen LogP contribution in [-0.2, 0) is 4.74 Å². The van der Waals surface area contributed by atoms with E-state index in [1.54, 1.807) is 0 Å². The Morgan fingerprint density at radius 3 is 1.82 bits per heavy atom. The van der Waals surface area contributed by atoms with E-state index in [0.29, 0.717) is 0 Å². The van der Waals surface area contributed by atoms with Gasteiger partial charge < -0.3 is 4.74 Å². The molecule has 1 heterocycles. The molecule has 2 rings (SSSR count). The first-order valence-electron chi connectivity index (χ1n) is 9.84. The third kappa shape index (κ3) is 10.9. The van der Waals surface area contributed by atoms with E-state index in [9.17, 15) is 0 Å². The summed E-state index contributed by atoms with van der Waals surface area (Å²) < 4.78 is 4.94. The van der Waals surface area contributed by atoms with E-state index in [1.165, 1.54) is 55.5 Å².